The highest BCUT2D eigenvalue weighted by molar-refractivity contribution is 6.29. The molecule has 0 aromatic carbocycles. The lowest BCUT2D eigenvalue weighted by Crippen LogP contribution is -2.11. The Balaban J connectivity index is 2.31. The van der Waals surface area contributed by atoms with Crippen molar-refractivity contribution in [2.45, 2.75) is 18.9 Å². The van der Waals surface area contributed by atoms with Gasteiger partial charge in [-0.25, -0.2) is 14.8 Å². The van der Waals surface area contributed by atoms with Crippen LogP contribution >= 0.6 is 11.6 Å². The molecule has 1 aliphatic rings. The lowest BCUT2D eigenvalue weighted by molar-refractivity contribution is 0.0691. The Morgan fingerprint density at radius 2 is 2.36 bits per heavy atom. The zero-order valence-corrected chi connectivity index (χ0v) is 7.95. The summed E-state index contributed by atoms with van der Waals surface area (Å²) in [5, 5.41) is 12.0. The summed E-state index contributed by atoms with van der Waals surface area (Å²) in [4.78, 5) is 18.3. The lowest BCUT2D eigenvalue weighted by Gasteiger charge is -2.05. The second-order valence-corrected chi connectivity index (χ2v) is 3.50. The first-order valence-corrected chi connectivity index (χ1v) is 4.57. The van der Waals surface area contributed by atoms with Crippen molar-refractivity contribution in [3.05, 3.63) is 17.0 Å². The normalized spacial score (nSPS) is 15.2. The van der Waals surface area contributed by atoms with Crippen LogP contribution in [0.15, 0.2) is 6.20 Å². The number of aromatic carboxylic acids is 1. The molecule has 1 aromatic rings. The molecule has 0 saturated heterocycles. The van der Waals surface area contributed by atoms with E-state index < -0.39 is 5.97 Å². The molecule has 0 spiro atoms. The Bertz CT molecular complexity index is 379. The minimum Gasteiger partial charge on any atom is -0.476 e. The number of carboxylic acid groups (broad SMARTS) is 1. The molecular formula is C8H8ClN3O2. The molecule has 74 valence electrons. The fourth-order valence-electron chi connectivity index (χ4n) is 1.05. The summed E-state index contributed by atoms with van der Waals surface area (Å²) < 4.78 is 0. The summed E-state index contributed by atoms with van der Waals surface area (Å²) in [6.45, 7) is 0. The van der Waals surface area contributed by atoms with Crippen molar-refractivity contribution in [1.29, 1.82) is 0 Å². The van der Waals surface area contributed by atoms with Gasteiger partial charge in [-0.05, 0) is 12.8 Å². The highest BCUT2D eigenvalue weighted by Gasteiger charge is 2.24. The Morgan fingerprint density at radius 1 is 1.64 bits per heavy atom. The second kappa shape index (κ2) is 3.42. The largest absolute Gasteiger partial charge is 0.476 e. The predicted molar refractivity (Wildman–Crippen MR) is 50.6 cm³/mol. The smallest absolute Gasteiger partial charge is 0.358 e. The van der Waals surface area contributed by atoms with Gasteiger partial charge in [0.25, 0.3) is 0 Å². The highest BCUT2D eigenvalue weighted by Crippen LogP contribution is 2.25. The van der Waals surface area contributed by atoms with Crippen LogP contribution in [-0.4, -0.2) is 27.1 Å². The third kappa shape index (κ3) is 1.93. The number of carbonyl (C=O) groups is 1. The van der Waals surface area contributed by atoms with E-state index >= 15 is 0 Å². The zero-order chi connectivity index (χ0) is 10.1. The molecule has 0 radical (unpaired) electrons. The molecule has 1 aromatic heterocycles. The maximum Gasteiger partial charge on any atom is 0.358 e. The van der Waals surface area contributed by atoms with Crippen LogP contribution in [-0.2, 0) is 0 Å². The number of halogens is 1. The number of aromatic nitrogens is 2. The molecule has 14 heavy (non-hydrogen) atoms. The van der Waals surface area contributed by atoms with Crippen molar-refractivity contribution in [3.8, 4) is 0 Å². The van der Waals surface area contributed by atoms with E-state index in [4.69, 9.17) is 16.7 Å². The van der Waals surface area contributed by atoms with Crippen LogP contribution in [0.3, 0.4) is 0 Å². The molecule has 1 heterocycles. The van der Waals surface area contributed by atoms with Crippen LogP contribution in [0.5, 0.6) is 0 Å². The highest BCUT2D eigenvalue weighted by atomic mass is 35.5. The van der Waals surface area contributed by atoms with Crippen LogP contribution in [0, 0.1) is 0 Å². The van der Waals surface area contributed by atoms with Gasteiger partial charge in [0.1, 0.15) is 5.15 Å². The van der Waals surface area contributed by atoms with Gasteiger partial charge in [0.15, 0.2) is 11.5 Å². The average molecular weight is 214 g/mol. The summed E-state index contributed by atoms with van der Waals surface area (Å²) in [7, 11) is 0. The van der Waals surface area contributed by atoms with Crippen LogP contribution in [0.1, 0.15) is 23.3 Å². The van der Waals surface area contributed by atoms with Gasteiger partial charge in [-0.15, -0.1) is 0 Å². The van der Waals surface area contributed by atoms with Crippen molar-refractivity contribution in [3.63, 3.8) is 0 Å². The Morgan fingerprint density at radius 3 is 2.93 bits per heavy atom. The van der Waals surface area contributed by atoms with E-state index in [1.54, 1.807) is 0 Å². The van der Waals surface area contributed by atoms with Gasteiger partial charge in [0.2, 0.25) is 0 Å². The van der Waals surface area contributed by atoms with Gasteiger partial charge in [-0.3, -0.25) is 0 Å². The van der Waals surface area contributed by atoms with Gasteiger partial charge in [0, 0.05) is 6.04 Å². The molecule has 0 bridgehead atoms. The minimum atomic E-state index is -1.10. The zero-order valence-electron chi connectivity index (χ0n) is 7.20. The molecule has 1 saturated carbocycles. The molecule has 1 aliphatic carbocycles. The van der Waals surface area contributed by atoms with E-state index in [0.717, 1.165) is 12.8 Å². The van der Waals surface area contributed by atoms with E-state index in [1.165, 1.54) is 6.20 Å². The van der Waals surface area contributed by atoms with Gasteiger partial charge < -0.3 is 10.4 Å². The van der Waals surface area contributed by atoms with Crippen molar-refractivity contribution in [2.75, 3.05) is 5.32 Å². The second-order valence-electron chi connectivity index (χ2n) is 3.11. The molecular weight excluding hydrogens is 206 g/mol. The van der Waals surface area contributed by atoms with Crippen molar-refractivity contribution in [1.82, 2.24) is 9.97 Å². The first-order chi connectivity index (χ1) is 6.66. The molecule has 0 amide bonds. The molecule has 1 fully saturated rings. The number of nitrogens with zero attached hydrogens (tertiary/aromatic N) is 2. The van der Waals surface area contributed by atoms with Crippen LogP contribution in [0.2, 0.25) is 5.15 Å². The van der Waals surface area contributed by atoms with E-state index in [0.29, 0.717) is 6.04 Å². The molecule has 6 heteroatoms. The average Bonchev–Trinajstić information content (AvgIpc) is 2.87. The predicted octanol–water partition coefficient (Wildman–Crippen LogP) is 1.40. The van der Waals surface area contributed by atoms with E-state index in [-0.39, 0.29) is 16.7 Å². The summed E-state index contributed by atoms with van der Waals surface area (Å²) in [6.07, 6.45) is 3.30. The Hall–Kier alpha value is -1.36. The topological polar surface area (TPSA) is 75.1 Å². The first-order valence-electron chi connectivity index (χ1n) is 4.19. The summed E-state index contributed by atoms with van der Waals surface area (Å²) >= 11 is 5.62. The van der Waals surface area contributed by atoms with Gasteiger partial charge in [-0.2, -0.15) is 0 Å². The summed E-state index contributed by atoms with van der Waals surface area (Å²) in [5.74, 6) is -0.843. The number of anilines is 1. The molecule has 0 aliphatic heterocycles. The molecule has 2 rings (SSSR count). The van der Waals surface area contributed by atoms with Gasteiger partial charge in [-0.1, -0.05) is 11.6 Å². The number of carboxylic acids is 1. The molecule has 5 nitrogen and oxygen atoms in total. The van der Waals surface area contributed by atoms with Crippen molar-refractivity contribution >= 4 is 23.4 Å². The minimum absolute atomic E-state index is 0.0821. The monoisotopic (exact) mass is 213 g/mol. The third-order valence-corrected chi connectivity index (χ3v) is 2.05. The standard InChI is InChI=1S/C8H8ClN3O2/c9-5-3-10-6(8(13)14)7(12-5)11-4-1-2-4/h3-4H,1-2H2,(H,11,12)(H,13,14). The Labute approximate surface area is 85.1 Å². The number of rotatable bonds is 3. The van der Waals surface area contributed by atoms with Crippen LogP contribution in [0.25, 0.3) is 0 Å². The fourth-order valence-corrected chi connectivity index (χ4v) is 1.18. The van der Waals surface area contributed by atoms with Gasteiger partial charge in [0.05, 0.1) is 6.20 Å². The van der Waals surface area contributed by atoms with Crippen LogP contribution in [0.4, 0.5) is 5.82 Å². The third-order valence-electron chi connectivity index (χ3n) is 1.86. The van der Waals surface area contributed by atoms with Gasteiger partial charge >= 0.3 is 5.97 Å². The van der Waals surface area contributed by atoms with Crippen LogP contribution < -0.4 is 5.32 Å². The lowest BCUT2D eigenvalue weighted by atomic mass is 10.4. The fraction of sp³-hybridized carbons (Fsp3) is 0.375. The molecule has 0 atom stereocenters. The summed E-state index contributed by atoms with van der Waals surface area (Å²) in [6, 6.07) is 0.320. The summed E-state index contributed by atoms with van der Waals surface area (Å²) in [5.41, 5.74) is -0.0821. The molecule has 2 N–H and O–H groups in total. The van der Waals surface area contributed by atoms with Crippen molar-refractivity contribution in [2.24, 2.45) is 0 Å². The SMILES string of the molecule is O=C(O)c1ncc(Cl)nc1NC1CC1. The van der Waals surface area contributed by atoms with E-state index in [9.17, 15) is 4.79 Å². The number of hydrogen-bond donors (Lipinski definition) is 2. The van der Waals surface area contributed by atoms with E-state index in [2.05, 4.69) is 15.3 Å². The number of nitrogens with one attached hydrogen (secondary N) is 1. The van der Waals surface area contributed by atoms with E-state index in [1.807, 2.05) is 0 Å². The maximum atomic E-state index is 10.7. The molecule has 0 unspecified atom stereocenters. The van der Waals surface area contributed by atoms with Crippen molar-refractivity contribution < 1.29 is 9.90 Å². The maximum absolute atomic E-state index is 10.7. The quantitative estimate of drug-likeness (QED) is 0.794. The first kappa shape index (κ1) is 9.21. The Kier molecular flexibility index (Phi) is 2.25. The number of hydrogen-bond acceptors (Lipinski definition) is 4.